The highest BCUT2D eigenvalue weighted by molar-refractivity contribution is 5.85. The van der Waals surface area contributed by atoms with Crippen molar-refractivity contribution in [2.24, 2.45) is 0 Å². The first-order valence-electron chi connectivity index (χ1n) is 7.45. The topological polar surface area (TPSA) is 21.3 Å². The monoisotopic (exact) mass is 323 g/mol. The maximum Gasteiger partial charge on any atom is 0.129 e. The van der Waals surface area contributed by atoms with E-state index in [9.17, 15) is 4.39 Å². The Hall–Kier alpha value is -1.58. The molecule has 0 amide bonds. The third kappa shape index (κ3) is 6.04. The van der Waals surface area contributed by atoms with Crippen LogP contribution >= 0.6 is 12.4 Å². The van der Waals surface area contributed by atoms with Crippen molar-refractivity contribution in [1.29, 1.82) is 0 Å². The fourth-order valence-corrected chi connectivity index (χ4v) is 2.06. The molecule has 4 heteroatoms. The van der Waals surface area contributed by atoms with Gasteiger partial charge in [-0.25, -0.2) is 4.39 Å². The summed E-state index contributed by atoms with van der Waals surface area (Å²) in [4.78, 5) is 0. The van der Waals surface area contributed by atoms with Crippen LogP contribution in [0.3, 0.4) is 0 Å². The van der Waals surface area contributed by atoms with Crippen LogP contribution in [0.5, 0.6) is 5.75 Å². The van der Waals surface area contributed by atoms with E-state index in [0.29, 0.717) is 5.56 Å². The van der Waals surface area contributed by atoms with Crippen molar-refractivity contribution in [3.8, 4) is 5.75 Å². The van der Waals surface area contributed by atoms with Crippen LogP contribution in [0.4, 0.5) is 4.39 Å². The van der Waals surface area contributed by atoms with Gasteiger partial charge in [-0.2, -0.15) is 0 Å². The van der Waals surface area contributed by atoms with Crippen molar-refractivity contribution >= 4 is 12.4 Å². The van der Waals surface area contributed by atoms with E-state index in [1.165, 1.54) is 24.5 Å². The maximum absolute atomic E-state index is 13.5. The molecule has 2 rings (SSSR count). The third-order valence-electron chi connectivity index (χ3n) is 3.29. The number of hydrogen-bond acceptors (Lipinski definition) is 2. The molecule has 2 aromatic carbocycles. The number of halogens is 2. The number of rotatable bonds is 8. The van der Waals surface area contributed by atoms with Gasteiger partial charge < -0.3 is 10.1 Å². The standard InChI is InChI=1S/C18H22FNO.ClH/c1-2-3-11-20-13-15-7-6-9-17(12-15)21-14-16-8-4-5-10-18(16)19;/h4-10,12,20H,2-3,11,13-14H2,1H3;1H. The average Bonchev–Trinajstić information content (AvgIpc) is 2.51. The van der Waals surface area contributed by atoms with Crippen LogP contribution in [0.2, 0.25) is 0 Å². The molecular weight excluding hydrogens is 301 g/mol. The van der Waals surface area contributed by atoms with Crippen molar-refractivity contribution < 1.29 is 9.13 Å². The minimum atomic E-state index is -0.227. The highest BCUT2D eigenvalue weighted by Crippen LogP contribution is 2.16. The molecule has 0 bridgehead atoms. The Kier molecular flexibility index (Phi) is 8.56. The Morgan fingerprint density at radius 3 is 2.68 bits per heavy atom. The molecule has 2 aromatic rings. The lowest BCUT2D eigenvalue weighted by Crippen LogP contribution is -2.14. The van der Waals surface area contributed by atoms with Crippen molar-refractivity contribution in [3.05, 3.63) is 65.5 Å². The maximum atomic E-state index is 13.5. The predicted octanol–water partition coefficient (Wildman–Crippen LogP) is 4.72. The lowest BCUT2D eigenvalue weighted by atomic mass is 10.2. The molecule has 0 atom stereocenters. The van der Waals surface area contributed by atoms with Gasteiger partial charge in [-0.05, 0) is 36.7 Å². The van der Waals surface area contributed by atoms with E-state index < -0.39 is 0 Å². The van der Waals surface area contributed by atoms with Gasteiger partial charge in [0.05, 0.1) is 0 Å². The molecule has 0 aromatic heterocycles. The van der Waals surface area contributed by atoms with E-state index in [1.54, 1.807) is 12.1 Å². The van der Waals surface area contributed by atoms with Crippen LogP contribution in [0.1, 0.15) is 30.9 Å². The van der Waals surface area contributed by atoms with E-state index in [1.807, 2.05) is 24.3 Å². The second kappa shape index (κ2) is 10.2. The quantitative estimate of drug-likeness (QED) is 0.710. The van der Waals surface area contributed by atoms with Gasteiger partial charge in [-0.1, -0.05) is 43.7 Å². The number of ether oxygens (including phenoxy) is 1. The van der Waals surface area contributed by atoms with E-state index in [0.717, 1.165) is 18.8 Å². The van der Waals surface area contributed by atoms with Gasteiger partial charge in [0, 0.05) is 12.1 Å². The van der Waals surface area contributed by atoms with Crippen LogP contribution < -0.4 is 10.1 Å². The molecule has 0 aliphatic rings. The molecule has 0 heterocycles. The smallest absolute Gasteiger partial charge is 0.129 e. The number of hydrogen-bond donors (Lipinski definition) is 1. The molecule has 0 saturated heterocycles. The van der Waals surface area contributed by atoms with Gasteiger partial charge in [-0.3, -0.25) is 0 Å². The second-order valence-electron chi connectivity index (χ2n) is 5.06. The lowest BCUT2D eigenvalue weighted by Gasteiger charge is -2.09. The van der Waals surface area contributed by atoms with Crippen molar-refractivity contribution in [1.82, 2.24) is 5.32 Å². The molecule has 0 fully saturated rings. The SMILES string of the molecule is CCCCNCc1cccc(OCc2ccccc2F)c1.Cl. The molecule has 0 aliphatic carbocycles. The summed E-state index contributed by atoms with van der Waals surface area (Å²) in [7, 11) is 0. The largest absolute Gasteiger partial charge is 0.489 e. The first-order chi connectivity index (χ1) is 10.3. The second-order valence-corrected chi connectivity index (χ2v) is 5.06. The van der Waals surface area contributed by atoms with Crippen LogP contribution in [-0.2, 0) is 13.2 Å². The summed E-state index contributed by atoms with van der Waals surface area (Å²) in [5.41, 5.74) is 1.75. The highest BCUT2D eigenvalue weighted by atomic mass is 35.5. The Morgan fingerprint density at radius 2 is 1.91 bits per heavy atom. The molecular formula is C18H23ClFNO. The molecule has 0 aliphatic heterocycles. The zero-order valence-electron chi connectivity index (χ0n) is 12.8. The predicted molar refractivity (Wildman–Crippen MR) is 91.0 cm³/mol. The Labute approximate surface area is 138 Å². The first kappa shape index (κ1) is 18.5. The number of unbranched alkanes of at least 4 members (excludes halogenated alkanes) is 1. The summed E-state index contributed by atoms with van der Waals surface area (Å²) in [5, 5.41) is 3.40. The van der Waals surface area contributed by atoms with Gasteiger partial charge in [-0.15, -0.1) is 12.4 Å². The molecule has 0 saturated carbocycles. The normalized spacial score (nSPS) is 10.1. The summed E-state index contributed by atoms with van der Waals surface area (Å²) in [6.07, 6.45) is 2.38. The minimum Gasteiger partial charge on any atom is -0.489 e. The van der Waals surface area contributed by atoms with E-state index in [2.05, 4.69) is 18.3 Å². The van der Waals surface area contributed by atoms with Crippen LogP contribution in [0.25, 0.3) is 0 Å². The lowest BCUT2D eigenvalue weighted by molar-refractivity contribution is 0.299. The average molecular weight is 324 g/mol. The van der Waals surface area contributed by atoms with Gasteiger partial charge in [0.15, 0.2) is 0 Å². The fourth-order valence-electron chi connectivity index (χ4n) is 2.06. The van der Waals surface area contributed by atoms with Gasteiger partial charge in [0.2, 0.25) is 0 Å². The van der Waals surface area contributed by atoms with Gasteiger partial charge in [0.25, 0.3) is 0 Å². The minimum absolute atomic E-state index is 0. The Morgan fingerprint density at radius 1 is 1.09 bits per heavy atom. The molecule has 120 valence electrons. The van der Waals surface area contributed by atoms with E-state index >= 15 is 0 Å². The Bertz CT molecular complexity index is 562. The molecule has 22 heavy (non-hydrogen) atoms. The Balaban J connectivity index is 0.00000242. The van der Waals surface area contributed by atoms with E-state index in [4.69, 9.17) is 4.74 Å². The van der Waals surface area contributed by atoms with Crippen molar-refractivity contribution in [3.63, 3.8) is 0 Å². The van der Waals surface area contributed by atoms with Crippen LogP contribution in [-0.4, -0.2) is 6.54 Å². The molecule has 2 nitrogen and oxygen atoms in total. The zero-order valence-corrected chi connectivity index (χ0v) is 13.7. The van der Waals surface area contributed by atoms with Gasteiger partial charge in [0.1, 0.15) is 18.2 Å². The number of nitrogens with one attached hydrogen (secondary N) is 1. The molecule has 1 N–H and O–H groups in total. The van der Waals surface area contributed by atoms with E-state index in [-0.39, 0.29) is 24.8 Å². The summed E-state index contributed by atoms with van der Waals surface area (Å²) in [6, 6.07) is 14.6. The summed E-state index contributed by atoms with van der Waals surface area (Å²) in [6.45, 7) is 4.28. The third-order valence-corrected chi connectivity index (χ3v) is 3.29. The van der Waals surface area contributed by atoms with Crippen LogP contribution in [0, 0.1) is 5.82 Å². The first-order valence-corrected chi connectivity index (χ1v) is 7.45. The van der Waals surface area contributed by atoms with Crippen molar-refractivity contribution in [2.45, 2.75) is 32.9 Å². The molecule has 0 radical (unpaired) electrons. The van der Waals surface area contributed by atoms with Gasteiger partial charge >= 0.3 is 0 Å². The zero-order chi connectivity index (χ0) is 14.9. The fraction of sp³-hybridized carbons (Fsp3) is 0.333. The molecule has 0 spiro atoms. The summed E-state index contributed by atoms with van der Waals surface area (Å²) >= 11 is 0. The van der Waals surface area contributed by atoms with Crippen LogP contribution in [0.15, 0.2) is 48.5 Å². The summed E-state index contributed by atoms with van der Waals surface area (Å²) in [5.74, 6) is 0.544. The molecule has 0 unspecified atom stereocenters. The number of benzene rings is 2. The van der Waals surface area contributed by atoms with Crippen molar-refractivity contribution in [2.75, 3.05) is 6.54 Å². The summed E-state index contributed by atoms with van der Waals surface area (Å²) < 4.78 is 19.2. The highest BCUT2D eigenvalue weighted by Gasteiger charge is 2.02.